The average Bonchev–Trinajstić information content (AvgIpc) is 2.51. The fraction of sp³-hybridized carbons (Fsp3) is 0.188. The van der Waals surface area contributed by atoms with E-state index in [4.69, 9.17) is 10.5 Å². The van der Waals surface area contributed by atoms with Crippen molar-refractivity contribution in [3.05, 3.63) is 48.5 Å². The van der Waals surface area contributed by atoms with Crippen molar-refractivity contribution >= 4 is 16.6 Å². The Bertz CT molecular complexity index is 773. The SMILES string of the molecule is CCCc1cc(Oc2ccc(N)c3cccnc23)ncn1. The molecule has 0 bridgehead atoms. The molecule has 0 amide bonds. The summed E-state index contributed by atoms with van der Waals surface area (Å²) < 4.78 is 5.86. The van der Waals surface area contributed by atoms with Gasteiger partial charge in [-0.1, -0.05) is 13.3 Å². The lowest BCUT2D eigenvalue weighted by Crippen LogP contribution is -1.96. The number of rotatable bonds is 4. The number of hydrogen-bond acceptors (Lipinski definition) is 5. The van der Waals surface area contributed by atoms with E-state index in [-0.39, 0.29) is 0 Å². The molecule has 0 fully saturated rings. The number of hydrogen-bond donors (Lipinski definition) is 1. The zero-order valence-electron chi connectivity index (χ0n) is 11.8. The van der Waals surface area contributed by atoms with Gasteiger partial charge < -0.3 is 10.5 Å². The smallest absolute Gasteiger partial charge is 0.222 e. The van der Waals surface area contributed by atoms with Crippen molar-refractivity contribution < 1.29 is 4.74 Å². The molecule has 1 aromatic carbocycles. The fourth-order valence-electron chi connectivity index (χ4n) is 2.19. The van der Waals surface area contributed by atoms with Gasteiger partial charge in [-0.3, -0.25) is 4.98 Å². The highest BCUT2D eigenvalue weighted by Gasteiger charge is 2.08. The van der Waals surface area contributed by atoms with Crippen LogP contribution in [0, 0.1) is 0 Å². The van der Waals surface area contributed by atoms with Gasteiger partial charge in [-0.15, -0.1) is 0 Å². The van der Waals surface area contributed by atoms with Crippen molar-refractivity contribution in [1.82, 2.24) is 15.0 Å². The topological polar surface area (TPSA) is 73.9 Å². The van der Waals surface area contributed by atoms with E-state index in [1.54, 1.807) is 6.20 Å². The van der Waals surface area contributed by atoms with Gasteiger partial charge >= 0.3 is 0 Å². The van der Waals surface area contributed by atoms with Gasteiger partial charge in [0, 0.05) is 29.0 Å². The number of aryl methyl sites for hydroxylation is 1. The quantitative estimate of drug-likeness (QED) is 0.742. The van der Waals surface area contributed by atoms with E-state index in [1.165, 1.54) is 6.33 Å². The van der Waals surface area contributed by atoms with Gasteiger partial charge in [-0.25, -0.2) is 9.97 Å². The van der Waals surface area contributed by atoms with Crippen molar-refractivity contribution in [1.29, 1.82) is 0 Å². The minimum absolute atomic E-state index is 0.519. The zero-order valence-corrected chi connectivity index (χ0v) is 11.8. The number of pyridine rings is 1. The van der Waals surface area contributed by atoms with Crippen molar-refractivity contribution in [2.45, 2.75) is 19.8 Å². The number of ether oxygens (including phenoxy) is 1. The molecule has 0 aliphatic rings. The van der Waals surface area contributed by atoms with Crippen molar-refractivity contribution in [2.24, 2.45) is 0 Å². The number of nitrogens with zero attached hydrogens (tertiary/aromatic N) is 3. The minimum Gasteiger partial charge on any atom is -0.437 e. The van der Waals surface area contributed by atoms with Crippen LogP contribution in [0.4, 0.5) is 5.69 Å². The van der Waals surface area contributed by atoms with Crippen molar-refractivity contribution in [3.8, 4) is 11.6 Å². The van der Waals surface area contributed by atoms with E-state index in [1.807, 2.05) is 30.3 Å². The lowest BCUT2D eigenvalue weighted by atomic mass is 10.1. The molecule has 2 aromatic heterocycles. The Morgan fingerprint density at radius 2 is 2.05 bits per heavy atom. The normalized spacial score (nSPS) is 10.7. The van der Waals surface area contributed by atoms with Gasteiger partial charge in [0.1, 0.15) is 11.8 Å². The van der Waals surface area contributed by atoms with E-state index < -0.39 is 0 Å². The highest BCUT2D eigenvalue weighted by atomic mass is 16.5. The number of nitrogens with two attached hydrogens (primary N) is 1. The van der Waals surface area contributed by atoms with E-state index >= 15 is 0 Å². The number of benzene rings is 1. The van der Waals surface area contributed by atoms with Crippen LogP contribution >= 0.6 is 0 Å². The van der Waals surface area contributed by atoms with Crippen molar-refractivity contribution in [2.75, 3.05) is 5.73 Å². The summed E-state index contributed by atoms with van der Waals surface area (Å²) in [7, 11) is 0. The predicted molar refractivity (Wildman–Crippen MR) is 82.3 cm³/mol. The van der Waals surface area contributed by atoms with Crippen LogP contribution in [0.2, 0.25) is 0 Å². The summed E-state index contributed by atoms with van der Waals surface area (Å²) in [5.41, 5.74) is 8.34. The van der Waals surface area contributed by atoms with E-state index in [9.17, 15) is 0 Å². The third-order valence-corrected chi connectivity index (χ3v) is 3.19. The largest absolute Gasteiger partial charge is 0.437 e. The van der Waals surface area contributed by atoms with Crippen LogP contribution in [0.25, 0.3) is 10.9 Å². The van der Waals surface area contributed by atoms with Crippen LogP contribution < -0.4 is 10.5 Å². The molecule has 0 saturated carbocycles. The molecule has 5 heteroatoms. The zero-order chi connectivity index (χ0) is 14.7. The summed E-state index contributed by atoms with van der Waals surface area (Å²) in [6.45, 7) is 2.11. The Hall–Kier alpha value is -2.69. The molecule has 0 unspecified atom stereocenters. The first-order chi connectivity index (χ1) is 10.3. The molecule has 0 atom stereocenters. The van der Waals surface area contributed by atoms with Crippen LogP contribution in [0.5, 0.6) is 11.6 Å². The Morgan fingerprint density at radius 1 is 1.14 bits per heavy atom. The van der Waals surface area contributed by atoms with E-state index in [2.05, 4.69) is 21.9 Å². The standard InChI is InChI=1S/C16H16N4O/c1-2-4-11-9-15(20-10-19-11)21-14-7-6-13(17)12-5-3-8-18-16(12)14/h3,5-10H,2,4,17H2,1H3. The van der Waals surface area contributed by atoms with Gasteiger partial charge in [-0.05, 0) is 30.7 Å². The number of aromatic nitrogens is 3. The number of fused-ring (bicyclic) bond motifs is 1. The molecule has 2 heterocycles. The molecule has 5 nitrogen and oxygen atoms in total. The third-order valence-electron chi connectivity index (χ3n) is 3.19. The van der Waals surface area contributed by atoms with Gasteiger partial charge in [0.15, 0.2) is 5.75 Å². The van der Waals surface area contributed by atoms with Crippen LogP contribution in [0.15, 0.2) is 42.9 Å². The maximum Gasteiger partial charge on any atom is 0.222 e. The summed E-state index contributed by atoms with van der Waals surface area (Å²) in [6.07, 6.45) is 5.17. The summed E-state index contributed by atoms with van der Waals surface area (Å²) in [5, 5.41) is 0.873. The molecule has 0 saturated heterocycles. The molecule has 21 heavy (non-hydrogen) atoms. The Kier molecular flexibility index (Phi) is 3.64. The molecular formula is C16H16N4O. The summed E-state index contributed by atoms with van der Waals surface area (Å²) in [4.78, 5) is 12.7. The summed E-state index contributed by atoms with van der Waals surface area (Å²) in [5.74, 6) is 1.16. The van der Waals surface area contributed by atoms with E-state index in [0.29, 0.717) is 17.3 Å². The first kappa shape index (κ1) is 13.3. The molecule has 2 N–H and O–H groups in total. The molecule has 106 valence electrons. The lowest BCUT2D eigenvalue weighted by Gasteiger charge is -2.09. The van der Waals surface area contributed by atoms with Crippen LogP contribution in [-0.2, 0) is 6.42 Å². The Balaban J connectivity index is 1.98. The van der Waals surface area contributed by atoms with E-state index in [0.717, 1.165) is 29.4 Å². The number of nitrogen functional groups attached to an aromatic ring is 1. The Labute approximate surface area is 122 Å². The highest BCUT2D eigenvalue weighted by Crippen LogP contribution is 2.30. The summed E-state index contributed by atoms with van der Waals surface area (Å²) >= 11 is 0. The first-order valence-electron chi connectivity index (χ1n) is 6.90. The second-order valence-electron chi connectivity index (χ2n) is 4.75. The van der Waals surface area contributed by atoms with Gasteiger partial charge in [0.05, 0.1) is 0 Å². The van der Waals surface area contributed by atoms with Gasteiger partial charge in [-0.2, -0.15) is 0 Å². The van der Waals surface area contributed by atoms with Crippen LogP contribution in [-0.4, -0.2) is 15.0 Å². The molecule has 0 aliphatic carbocycles. The second-order valence-corrected chi connectivity index (χ2v) is 4.75. The lowest BCUT2D eigenvalue weighted by molar-refractivity contribution is 0.464. The van der Waals surface area contributed by atoms with Crippen LogP contribution in [0.1, 0.15) is 19.0 Å². The minimum atomic E-state index is 0.519. The maximum absolute atomic E-state index is 5.96. The van der Waals surface area contributed by atoms with Gasteiger partial charge in [0.2, 0.25) is 5.88 Å². The fourth-order valence-corrected chi connectivity index (χ4v) is 2.19. The molecular weight excluding hydrogens is 264 g/mol. The average molecular weight is 280 g/mol. The second kappa shape index (κ2) is 5.75. The Morgan fingerprint density at radius 3 is 2.90 bits per heavy atom. The predicted octanol–water partition coefficient (Wildman–Crippen LogP) is 3.35. The van der Waals surface area contributed by atoms with Crippen LogP contribution in [0.3, 0.4) is 0 Å². The summed E-state index contributed by atoms with van der Waals surface area (Å²) in [6, 6.07) is 9.26. The van der Waals surface area contributed by atoms with Crippen molar-refractivity contribution in [3.63, 3.8) is 0 Å². The highest BCUT2D eigenvalue weighted by molar-refractivity contribution is 5.94. The third kappa shape index (κ3) is 2.76. The molecule has 0 spiro atoms. The molecule has 3 rings (SSSR count). The molecule has 0 aliphatic heterocycles. The van der Waals surface area contributed by atoms with Gasteiger partial charge in [0.25, 0.3) is 0 Å². The first-order valence-corrected chi connectivity index (χ1v) is 6.90. The monoisotopic (exact) mass is 280 g/mol. The molecule has 0 radical (unpaired) electrons. The number of anilines is 1. The molecule has 3 aromatic rings. The maximum atomic E-state index is 5.96.